The maximum Gasteiger partial charge on any atom is 0.0587 e. The summed E-state index contributed by atoms with van der Waals surface area (Å²) in [6, 6.07) is 10.9. The van der Waals surface area contributed by atoms with Gasteiger partial charge in [-0.25, -0.2) is 0 Å². The van der Waals surface area contributed by atoms with Gasteiger partial charge in [-0.1, -0.05) is 30.3 Å². The number of methoxy groups -OCH3 is 1. The molecule has 1 saturated heterocycles. The predicted molar refractivity (Wildman–Crippen MR) is 79.6 cm³/mol. The van der Waals surface area contributed by atoms with Crippen molar-refractivity contribution in [1.29, 1.82) is 0 Å². The van der Waals surface area contributed by atoms with Gasteiger partial charge in [0, 0.05) is 20.2 Å². The van der Waals surface area contributed by atoms with Crippen LogP contribution in [0.15, 0.2) is 30.3 Å². The van der Waals surface area contributed by atoms with Crippen LogP contribution in [-0.2, 0) is 4.74 Å². The van der Waals surface area contributed by atoms with E-state index < -0.39 is 0 Å². The van der Waals surface area contributed by atoms with E-state index in [1.807, 2.05) is 0 Å². The molecule has 1 aromatic carbocycles. The molecule has 3 heteroatoms. The first kappa shape index (κ1) is 14.5. The summed E-state index contributed by atoms with van der Waals surface area (Å²) in [6.45, 7) is 6.54. The van der Waals surface area contributed by atoms with Gasteiger partial charge in [0.2, 0.25) is 0 Å². The van der Waals surface area contributed by atoms with Crippen molar-refractivity contribution in [1.82, 2.24) is 10.2 Å². The van der Waals surface area contributed by atoms with Crippen LogP contribution in [0.3, 0.4) is 0 Å². The molecule has 1 atom stereocenters. The average Bonchev–Trinajstić information content (AvgIpc) is 2.92. The van der Waals surface area contributed by atoms with Crippen molar-refractivity contribution in [2.24, 2.45) is 0 Å². The summed E-state index contributed by atoms with van der Waals surface area (Å²) >= 11 is 0. The number of benzene rings is 1. The third kappa shape index (κ3) is 4.94. The standard InChI is InChI=1S/C16H26N2O/c1-19-13-10-17-9-5-11-18-12-8-16(14-18)15-6-3-2-4-7-15/h2-4,6-7,16-17H,5,8-14H2,1H3. The summed E-state index contributed by atoms with van der Waals surface area (Å²) in [5, 5.41) is 3.40. The molecule has 1 heterocycles. The fourth-order valence-electron chi connectivity index (χ4n) is 2.76. The lowest BCUT2D eigenvalue weighted by Gasteiger charge is -2.16. The average molecular weight is 262 g/mol. The fourth-order valence-corrected chi connectivity index (χ4v) is 2.76. The predicted octanol–water partition coefficient (Wildman–Crippen LogP) is 2.10. The Labute approximate surface area is 116 Å². The van der Waals surface area contributed by atoms with Crippen LogP contribution in [0.5, 0.6) is 0 Å². The highest BCUT2D eigenvalue weighted by Gasteiger charge is 2.22. The maximum atomic E-state index is 5.01. The molecule has 1 aliphatic heterocycles. The number of hydrogen-bond acceptors (Lipinski definition) is 3. The van der Waals surface area contributed by atoms with Crippen molar-refractivity contribution in [2.75, 3.05) is 46.4 Å². The van der Waals surface area contributed by atoms with Crippen LogP contribution < -0.4 is 5.32 Å². The lowest BCUT2D eigenvalue weighted by Crippen LogP contribution is -2.27. The third-order valence-corrected chi connectivity index (χ3v) is 3.85. The smallest absolute Gasteiger partial charge is 0.0587 e. The normalized spacial score (nSPS) is 19.9. The molecular weight excluding hydrogens is 236 g/mol. The molecule has 0 bridgehead atoms. The zero-order valence-corrected chi connectivity index (χ0v) is 12.0. The first-order valence-corrected chi connectivity index (χ1v) is 7.37. The second-order valence-electron chi connectivity index (χ2n) is 5.29. The van der Waals surface area contributed by atoms with Crippen molar-refractivity contribution in [2.45, 2.75) is 18.8 Å². The van der Waals surface area contributed by atoms with Crippen LogP contribution in [0, 0.1) is 0 Å². The third-order valence-electron chi connectivity index (χ3n) is 3.85. The van der Waals surface area contributed by atoms with Crippen LogP contribution in [0.1, 0.15) is 24.3 Å². The first-order valence-electron chi connectivity index (χ1n) is 7.37. The van der Waals surface area contributed by atoms with Crippen LogP contribution in [-0.4, -0.2) is 51.3 Å². The zero-order valence-electron chi connectivity index (χ0n) is 12.0. The molecule has 1 aliphatic rings. The van der Waals surface area contributed by atoms with Gasteiger partial charge < -0.3 is 15.0 Å². The Morgan fingerprint density at radius 1 is 1.26 bits per heavy atom. The highest BCUT2D eigenvalue weighted by Crippen LogP contribution is 2.26. The highest BCUT2D eigenvalue weighted by molar-refractivity contribution is 5.20. The van der Waals surface area contributed by atoms with Crippen LogP contribution in [0.25, 0.3) is 0 Å². The Hall–Kier alpha value is -0.900. The van der Waals surface area contributed by atoms with Crippen molar-refractivity contribution in [3.63, 3.8) is 0 Å². The second kappa shape index (κ2) is 8.31. The van der Waals surface area contributed by atoms with Crippen molar-refractivity contribution >= 4 is 0 Å². The molecule has 2 rings (SSSR count). The van der Waals surface area contributed by atoms with Gasteiger partial charge in [0.25, 0.3) is 0 Å². The number of nitrogens with one attached hydrogen (secondary N) is 1. The molecule has 1 unspecified atom stereocenters. The van der Waals surface area contributed by atoms with Gasteiger partial charge >= 0.3 is 0 Å². The lowest BCUT2D eigenvalue weighted by atomic mass is 9.99. The molecule has 106 valence electrons. The van der Waals surface area contributed by atoms with Crippen LogP contribution >= 0.6 is 0 Å². The topological polar surface area (TPSA) is 24.5 Å². The van der Waals surface area contributed by atoms with Gasteiger partial charge in [-0.15, -0.1) is 0 Å². The molecule has 1 N–H and O–H groups in total. The molecule has 19 heavy (non-hydrogen) atoms. The monoisotopic (exact) mass is 262 g/mol. The van der Waals surface area contributed by atoms with E-state index in [1.54, 1.807) is 7.11 Å². The summed E-state index contributed by atoms with van der Waals surface area (Å²) in [5.41, 5.74) is 1.50. The van der Waals surface area contributed by atoms with E-state index in [2.05, 4.69) is 40.5 Å². The number of likely N-dealkylation sites (tertiary alicyclic amines) is 1. The zero-order chi connectivity index (χ0) is 13.3. The Kier molecular flexibility index (Phi) is 6.34. The molecule has 0 spiro atoms. The number of ether oxygens (including phenoxy) is 1. The van der Waals surface area contributed by atoms with Crippen molar-refractivity contribution < 1.29 is 4.74 Å². The molecule has 0 aromatic heterocycles. The Morgan fingerprint density at radius 3 is 2.89 bits per heavy atom. The quantitative estimate of drug-likeness (QED) is 0.726. The summed E-state index contributed by atoms with van der Waals surface area (Å²) in [5.74, 6) is 0.739. The van der Waals surface area contributed by atoms with Gasteiger partial charge in [0.05, 0.1) is 6.61 Å². The number of nitrogens with zero attached hydrogens (tertiary/aromatic N) is 1. The molecule has 0 radical (unpaired) electrons. The van der Waals surface area contributed by atoms with E-state index in [0.717, 1.165) is 25.6 Å². The Morgan fingerprint density at radius 2 is 2.11 bits per heavy atom. The SMILES string of the molecule is COCCNCCCN1CCC(c2ccccc2)C1. The van der Waals surface area contributed by atoms with E-state index in [0.29, 0.717) is 0 Å². The fraction of sp³-hybridized carbons (Fsp3) is 0.625. The van der Waals surface area contributed by atoms with Crippen LogP contribution in [0.4, 0.5) is 0 Å². The van der Waals surface area contributed by atoms with E-state index >= 15 is 0 Å². The Bertz CT molecular complexity index is 342. The molecule has 0 aliphatic carbocycles. The van der Waals surface area contributed by atoms with Crippen molar-refractivity contribution in [3.8, 4) is 0 Å². The van der Waals surface area contributed by atoms with Gasteiger partial charge in [0.15, 0.2) is 0 Å². The maximum absolute atomic E-state index is 5.01. The van der Waals surface area contributed by atoms with Gasteiger partial charge in [-0.3, -0.25) is 0 Å². The van der Waals surface area contributed by atoms with Gasteiger partial charge in [-0.2, -0.15) is 0 Å². The van der Waals surface area contributed by atoms with Crippen LogP contribution in [0.2, 0.25) is 0 Å². The van der Waals surface area contributed by atoms with E-state index in [4.69, 9.17) is 4.74 Å². The van der Waals surface area contributed by atoms with E-state index in [-0.39, 0.29) is 0 Å². The Balaban J connectivity index is 1.60. The summed E-state index contributed by atoms with van der Waals surface area (Å²) in [4.78, 5) is 2.59. The minimum absolute atomic E-state index is 0.739. The van der Waals surface area contributed by atoms with Gasteiger partial charge in [0.1, 0.15) is 0 Å². The lowest BCUT2D eigenvalue weighted by molar-refractivity contribution is 0.199. The molecule has 0 saturated carbocycles. The number of hydrogen-bond donors (Lipinski definition) is 1. The first-order chi connectivity index (χ1) is 9.40. The molecule has 0 amide bonds. The molecule has 1 fully saturated rings. The largest absolute Gasteiger partial charge is 0.383 e. The minimum Gasteiger partial charge on any atom is -0.383 e. The van der Waals surface area contributed by atoms with E-state index in [1.165, 1.54) is 38.0 Å². The second-order valence-corrected chi connectivity index (χ2v) is 5.29. The summed E-state index contributed by atoms with van der Waals surface area (Å²) < 4.78 is 5.01. The summed E-state index contributed by atoms with van der Waals surface area (Å²) in [7, 11) is 1.75. The highest BCUT2D eigenvalue weighted by atomic mass is 16.5. The van der Waals surface area contributed by atoms with E-state index in [9.17, 15) is 0 Å². The number of rotatable bonds is 8. The minimum atomic E-state index is 0.739. The molecular formula is C16H26N2O. The molecule has 3 nitrogen and oxygen atoms in total. The van der Waals surface area contributed by atoms with Crippen molar-refractivity contribution in [3.05, 3.63) is 35.9 Å². The molecule has 1 aromatic rings. The van der Waals surface area contributed by atoms with Gasteiger partial charge in [-0.05, 0) is 44.0 Å². The summed E-state index contributed by atoms with van der Waals surface area (Å²) in [6.07, 6.45) is 2.53.